The van der Waals surface area contributed by atoms with Crippen molar-refractivity contribution >= 4 is 5.78 Å². The molecule has 0 fully saturated rings. The standard InChI is InChI=1S/C16H23FO/c1-3-4-5-6-7-8-9-16(18)14-12-13(2)10-11-15(14)17/h10-12H,3-9H2,1-2H3. The van der Waals surface area contributed by atoms with Gasteiger partial charge in [0, 0.05) is 6.42 Å². The Morgan fingerprint density at radius 2 is 1.78 bits per heavy atom. The highest BCUT2D eigenvalue weighted by Gasteiger charge is 2.11. The summed E-state index contributed by atoms with van der Waals surface area (Å²) in [5, 5.41) is 0. The van der Waals surface area contributed by atoms with Crippen molar-refractivity contribution in [3.63, 3.8) is 0 Å². The second-order valence-electron chi connectivity index (χ2n) is 4.92. The zero-order valence-electron chi connectivity index (χ0n) is 11.5. The van der Waals surface area contributed by atoms with Crippen LogP contribution < -0.4 is 0 Å². The van der Waals surface area contributed by atoms with Crippen molar-refractivity contribution in [2.45, 2.75) is 58.8 Å². The Bertz CT molecular complexity index is 385. The number of carbonyl (C=O) groups is 1. The predicted molar refractivity (Wildman–Crippen MR) is 73.5 cm³/mol. The van der Waals surface area contributed by atoms with Gasteiger partial charge >= 0.3 is 0 Å². The van der Waals surface area contributed by atoms with Gasteiger partial charge in [-0.3, -0.25) is 4.79 Å². The van der Waals surface area contributed by atoms with Gasteiger partial charge in [0.25, 0.3) is 0 Å². The lowest BCUT2D eigenvalue weighted by Gasteiger charge is -2.04. The molecule has 1 aromatic carbocycles. The maximum Gasteiger partial charge on any atom is 0.165 e. The van der Waals surface area contributed by atoms with Gasteiger partial charge in [-0.05, 0) is 25.5 Å². The molecule has 0 bridgehead atoms. The Labute approximate surface area is 109 Å². The van der Waals surface area contributed by atoms with E-state index in [0.717, 1.165) is 18.4 Å². The van der Waals surface area contributed by atoms with Gasteiger partial charge in [-0.1, -0.05) is 50.7 Å². The molecule has 1 rings (SSSR count). The first-order valence-corrected chi connectivity index (χ1v) is 6.94. The lowest BCUT2D eigenvalue weighted by atomic mass is 10.0. The van der Waals surface area contributed by atoms with Crippen LogP contribution in [0.25, 0.3) is 0 Å². The summed E-state index contributed by atoms with van der Waals surface area (Å²) in [4.78, 5) is 11.9. The van der Waals surface area contributed by atoms with E-state index in [2.05, 4.69) is 6.92 Å². The first-order valence-electron chi connectivity index (χ1n) is 6.94. The van der Waals surface area contributed by atoms with E-state index in [9.17, 15) is 9.18 Å². The van der Waals surface area contributed by atoms with Crippen molar-refractivity contribution in [1.29, 1.82) is 0 Å². The topological polar surface area (TPSA) is 17.1 Å². The molecule has 0 saturated carbocycles. The molecule has 0 saturated heterocycles. The average Bonchev–Trinajstić information content (AvgIpc) is 2.36. The quantitative estimate of drug-likeness (QED) is 0.465. The molecule has 0 unspecified atom stereocenters. The van der Waals surface area contributed by atoms with E-state index in [4.69, 9.17) is 0 Å². The SMILES string of the molecule is CCCCCCCCC(=O)c1cc(C)ccc1F. The molecule has 0 spiro atoms. The molecule has 0 atom stereocenters. The molecule has 0 aromatic heterocycles. The van der Waals surface area contributed by atoms with Gasteiger partial charge in [-0.15, -0.1) is 0 Å². The zero-order valence-corrected chi connectivity index (χ0v) is 11.5. The minimum atomic E-state index is -0.392. The van der Waals surface area contributed by atoms with E-state index in [1.807, 2.05) is 6.92 Å². The fourth-order valence-electron chi connectivity index (χ4n) is 2.05. The van der Waals surface area contributed by atoms with Crippen molar-refractivity contribution in [2.24, 2.45) is 0 Å². The Hall–Kier alpha value is -1.18. The largest absolute Gasteiger partial charge is 0.294 e. The normalized spacial score (nSPS) is 10.6. The first kappa shape index (κ1) is 14.9. The van der Waals surface area contributed by atoms with Crippen LogP contribution in [-0.4, -0.2) is 5.78 Å². The minimum absolute atomic E-state index is 0.0632. The molecule has 1 nitrogen and oxygen atoms in total. The fourth-order valence-corrected chi connectivity index (χ4v) is 2.05. The molecule has 0 radical (unpaired) electrons. The fraction of sp³-hybridized carbons (Fsp3) is 0.562. The second kappa shape index (κ2) is 8.02. The summed E-state index contributed by atoms with van der Waals surface area (Å²) in [6.45, 7) is 4.06. The molecular formula is C16H23FO. The highest BCUT2D eigenvalue weighted by Crippen LogP contribution is 2.15. The summed E-state index contributed by atoms with van der Waals surface area (Å²) < 4.78 is 13.5. The summed E-state index contributed by atoms with van der Waals surface area (Å²) in [5.74, 6) is -0.455. The molecule has 2 heteroatoms. The second-order valence-corrected chi connectivity index (χ2v) is 4.92. The summed E-state index contributed by atoms with van der Waals surface area (Å²) in [7, 11) is 0. The predicted octanol–water partition coefficient (Wildman–Crippen LogP) is 5.07. The summed E-state index contributed by atoms with van der Waals surface area (Å²) in [6, 6.07) is 4.72. The Balaban J connectivity index is 2.34. The zero-order chi connectivity index (χ0) is 13.4. The van der Waals surface area contributed by atoms with E-state index in [0.29, 0.717) is 6.42 Å². The average molecular weight is 250 g/mol. The Kier molecular flexibility index (Phi) is 6.63. The third-order valence-corrected chi connectivity index (χ3v) is 3.18. The summed E-state index contributed by atoms with van der Waals surface area (Å²) in [6.07, 6.45) is 7.32. The van der Waals surface area contributed by atoms with Crippen molar-refractivity contribution in [3.8, 4) is 0 Å². The van der Waals surface area contributed by atoms with Crippen molar-refractivity contribution < 1.29 is 9.18 Å². The van der Waals surface area contributed by atoms with E-state index in [1.54, 1.807) is 12.1 Å². The lowest BCUT2D eigenvalue weighted by Crippen LogP contribution is -2.02. The van der Waals surface area contributed by atoms with Crippen LogP contribution in [0.5, 0.6) is 0 Å². The van der Waals surface area contributed by atoms with Crippen LogP contribution in [0.4, 0.5) is 4.39 Å². The van der Waals surface area contributed by atoms with Gasteiger partial charge < -0.3 is 0 Å². The number of benzene rings is 1. The van der Waals surface area contributed by atoms with E-state index in [-0.39, 0.29) is 11.3 Å². The maximum atomic E-state index is 13.5. The number of unbranched alkanes of at least 4 members (excludes halogenated alkanes) is 5. The number of aryl methyl sites for hydroxylation is 1. The van der Waals surface area contributed by atoms with Crippen molar-refractivity contribution in [1.82, 2.24) is 0 Å². The Morgan fingerprint density at radius 1 is 1.11 bits per heavy atom. The van der Waals surface area contributed by atoms with E-state index < -0.39 is 5.82 Å². The van der Waals surface area contributed by atoms with Crippen LogP contribution in [0.3, 0.4) is 0 Å². The third kappa shape index (κ3) is 4.99. The van der Waals surface area contributed by atoms with Crippen molar-refractivity contribution in [3.05, 3.63) is 35.1 Å². The van der Waals surface area contributed by atoms with Crippen LogP contribution in [0.2, 0.25) is 0 Å². The van der Waals surface area contributed by atoms with Crippen LogP contribution in [0.15, 0.2) is 18.2 Å². The molecule has 100 valence electrons. The number of ketones is 1. The molecule has 0 N–H and O–H groups in total. The Morgan fingerprint density at radius 3 is 2.50 bits per heavy atom. The van der Waals surface area contributed by atoms with E-state index in [1.165, 1.54) is 31.7 Å². The molecule has 0 heterocycles. The van der Waals surface area contributed by atoms with Gasteiger partial charge in [-0.25, -0.2) is 4.39 Å². The number of halogens is 1. The van der Waals surface area contributed by atoms with Gasteiger partial charge in [0.15, 0.2) is 5.78 Å². The minimum Gasteiger partial charge on any atom is -0.294 e. The molecule has 1 aromatic rings. The monoisotopic (exact) mass is 250 g/mol. The number of rotatable bonds is 8. The van der Waals surface area contributed by atoms with Crippen LogP contribution >= 0.6 is 0 Å². The van der Waals surface area contributed by atoms with Crippen LogP contribution in [0.1, 0.15) is 67.8 Å². The molecule has 0 amide bonds. The molecule has 0 aliphatic rings. The third-order valence-electron chi connectivity index (χ3n) is 3.18. The van der Waals surface area contributed by atoms with Gasteiger partial charge in [0.05, 0.1) is 5.56 Å². The van der Waals surface area contributed by atoms with Crippen molar-refractivity contribution in [2.75, 3.05) is 0 Å². The smallest absolute Gasteiger partial charge is 0.165 e. The first-order chi connectivity index (χ1) is 8.65. The number of hydrogen-bond donors (Lipinski definition) is 0. The number of carbonyl (C=O) groups excluding carboxylic acids is 1. The molecule has 0 aliphatic heterocycles. The molecule has 0 aliphatic carbocycles. The van der Waals surface area contributed by atoms with Crippen LogP contribution in [-0.2, 0) is 0 Å². The van der Waals surface area contributed by atoms with E-state index >= 15 is 0 Å². The number of Topliss-reactive ketones (excluding diaryl/α,β-unsaturated/α-hetero) is 1. The van der Waals surface area contributed by atoms with Gasteiger partial charge in [0.2, 0.25) is 0 Å². The van der Waals surface area contributed by atoms with Gasteiger partial charge in [-0.2, -0.15) is 0 Å². The highest BCUT2D eigenvalue weighted by atomic mass is 19.1. The molecular weight excluding hydrogens is 227 g/mol. The summed E-state index contributed by atoms with van der Waals surface area (Å²) in [5.41, 5.74) is 1.19. The molecule has 18 heavy (non-hydrogen) atoms. The number of hydrogen-bond acceptors (Lipinski definition) is 1. The maximum absolute atomic E-state index is 13.5. The summed E-state index contributed by atoms with van der Waals surface area (Å²) >= 11 is 0. The van der Waals surface area contributed by atoms with Crippen LogP contribution in [0, 0.1) is 12.7 Å². The lowest BCUT2D eigenvalue weighted by molar-refractivity contribution is 0.0975. The highest BCUT2D eigenvalue weighted by molar-refractivity contribution is 5.96. The van der Waals surface area contributed by atoms with Gasteiger partial charge in [0.1, 0.15) is 5.82 Å².